The zero-order valence-electron chi connectivity index (χ0n) is 7.40. The second-order valence-electron chi connectivity index (χ2n) is 2.85. The lowest BCUT2D eigenvalue weighted by Gasteiger charge is -1.95. The van der Waals surface area contributed by atoms with Gasteiger partial charge >= 0.3 is 0 Å². The zero-order chi connectivity index (χ0) is 10.1. The highest BCUT2D eigenvalue weighted by Crippen LogP contribution is 2.34. The van der Waals surface area contributed by atoms with E-state index < -0.39 is 6.10 Å². The number of aliphatic hydroxyl groups is 1. The number of hydrogen-bond acceptors (Lipinski definition) is 4. The molecule has 0 aliphatic heterocycles. The molecule has 0 spiro atoms. The van der Waals surface area contributed by atoms with E-state index in [1.165, 1.54) is 22.7 Å². The maximum atomic E-state index is 9.34. The SMILES string of the molecule is CC(O)c1cnc(-c2ccc(Cl)s2)s1. The van der Waals surface area contributed by atoms with Crippen molar-refractivity contribution >= 4 is 34.3 Å². The number of rotatable bonds is 2. The molecule has 1 unspecified atom stereocenters. The molecular formula is C9H8ClNOS2. The molecule has 0 saturated carbocycles. The summed E-state index contributed by atoms with van der Waals surface area (Å²) in [4.78, 5) is 6.16. The summed E-state index contributed by atoms with van der Waals surface area (Å²) in [6.45, 7) is 1.73. The lowest BCUT2D eigenvalue weighted by molar-refractivity contribution is 0.203. The van der Waals surface area contributed by atoms with Crippen LogP contribution >= 0.6 is 34.3 Å². The molecule has 74 valence electrons. The number of halogens is 1. The van der Waals surface area contributed by atoms with E-state index in [0.717, 1.165) is 19.1 Å². The molecule has 14 heavy (non-hydrogen) atoms. The third kappa shape index (κ3) is 1.98. The average molecular weight is 246 g/mol. The van der Waals surface area contributed by atoms with Gasteiger partial charge in [0.05, 0.1) is 20.2 Å². The summed E-state index contributed by atoms with van der Waals surface area (Å²) in [5.41, 5.74) is 0. The van der Waals surface area contributed by atoms with Gasteiger partial charge in [0.25, 0.3) is 0 Å². The van der Waals surface area contributed by atoms with Gasteiger partial charge in [0.2, 0.25) is 0 Å². The van der Waals surface area contributed by atoms with Crippen LogP contribution < -0.4 is 0 Å². The molecule has 2 aromatic heterocycles. The Morgan fingerprint density at radius 1 is 1.43 bits per heavy atom. The summed E-state index contributed by atoms with van der Waals surface area (Å²) < 4.78 is 0.758. The lowest BCUT2D eigenvalue weighted by Crippen LogP contribution is -1.83. The van der Waals surface area contributed by atoms with E-state index in [4.69, 9.17) is 11.6 Å². The van der Waals surface area contributed by atoms with Crippen LogP contribution in [0, 0.1) is 0 Å². The molecule has 2 rings (SSSR count). The molecule has 0 saturated heterocycles. The Morgan fingerprint density at radius 2 is 2.21 bits per heavy atom. The van der Waals surface area contributed by atoms with Crippen molar-refractivity contribution in [3.63, 3.8) is 0 Å². The van der Waals surface area contributed by atoms with Crippen LogP contribution in [0.4, 0.5) is 0 Å². The minimum absolute atomic E-state index is 0.448. The Labute approximate surface area is 94.8 Å². The maximum Gasteiger partial charge on any atom is 0.133 e. The smallest absolute Gasteiger partial charge is 0.133 e. The molecule has 2 heterocycles. The third-order valence-corrected chi connectivity index (χ3v) is 4.29. The van der Waals surface area contributed by atoms with E-state index in [1.54, 1.807) is 13.1 Å². The van der Waals surface area contributed by atoms with Crippen molar-refractivity contribution in [1.29, 1.82) is 0 Å². The van der Waals surface area contributed by atoms with Crippen molar-refractivity contribution in [2.75, 3.05) is 0 Å². The van der Waals surface area contributed by atoms with Gasteiger partial charge in [0.15, 0.2) is 0 Å². The van der Waals surface area contributed by atoms with Gasteiger partial charge in [-0.05, 0) is 19.1 Å². The van der Waals surface area contributed by atoms with Crippen molar-refractivity contribution in [2.45, 2.75) is 13.0 Å². The molecule has 5 heteroatoms. The molecule has 1 N–H and O–H groups in total. The third-order valence-electron chi connectivity index (χ3n) is 1.72. The minimum atomic E-state index is -0.448. The fourth-order valence-corrected chi connectivity index (χ4v) is 2.98. The van der Waals surface area contributed by atoms with E-state index in [-0.39, 0.29) is 0 Å². The van der Waals surface area contributed by atoms with Gasteiger partial charge in [0.1, 0.15) is 5.01 Å². The molecule has 0 fully saturated rings. The van der Waals surface area contributed by atoms with E-state index in [1.807, 2.05) is 12.1 Å². The van der Waals surface area contributed by atoms with Crippen LogP contribution in [-0.4, -0.2) is 10.1 Å². The molecule has 0 aliphatic rings. The van der Waals surface area contributed by atoms with E-state index in [0.29, 0.717) is 0 Å². The van der Waals surface area contributed by atoms with Gasteiger partial charge in [-0.15, -0.1) is 22.7 Å². The summed E-state index contributed by atoms with van der Waals surface area (Å²) in [7, 11) is 0. The largest absolute Gasteiger partial charge is 0.388 e. The molecule has 2 nitrogen and oxygen atoms in total. The first-order valence-corrected chi connectivity index (χ1v) is 6.07. The monoisotopic (exact) mass is 245 g/mol. The molecule has 2 aromatic rings. The molecule has 1 atom stereocenters. The highest BCUT2D eigenvalue weighted by Gasteiger charge is 2.09. The van der Waals surface area contributed by atoms with Crippen molar-refractivity contribution < 1.29 is 5.11 Å². The average Bonchev–Trinajstić information content (AvgIpc) is 2.70. The number of aromatic nitrogens is 1. The first-order valence-electron chi connectivity index (χ1n) is 4.06. The highest BCUT2D eigenvalue weighted by molar-refractivity contribution is 7.23. The van der Waals surface area contributed by atoms with Crippen LogP contribution in [-0.2, 0) is 0 Å². The quantitative estimate of drug-likeness (QED) is 0.877. The Hall–Kier alpha value is -0.420. The molecule has 0 amide bonds. The van der Waals surface area contributed by atoms with Crippen LogP contribution in [0.3, 0.4) is 0 Å². The van der Waals surface area contributed by atoms with E-state index in [2.05, 4.69) is 4.98 Å². The van der Waals surface area contributed by atoms with Crippen LogP contribution in [0.1, 0.15) is 17.9 Å². The minimum Gasteiger partial charge on any atom is -0.388 e. The van der Waals surface area contributed by atoms with Gasteiger partial charge in [-0.1, -0.05) is 11.6 Å². The van der Waals surface area contributed by atoms with Crippen molar-refractivity contribution in [2.24, 2.45) is 0 Å². The molecule has 0 aliphatic carbocycles. The van der Waals surface area contributed by atoms with Crippen LogP contribution in [0.2, 0.25) is 4.34 Å². The summed E-state index contributed by atoms with van der Waals surface area (Å²) in [5, 5.41) is 10.3. The van der Waals surface area contributed by atoms with Crippen LogP contribution in [0.25, 0.3) is 9.88 Å². The predicted molar refractivity (Wildman–Crippen MR) is 61.1 cm³/mol. The van der Waals surface area contributed by atoms with Crippen LogP contribution in [0.5, 0.6) is 0 Å². The fourth-order valence-electron chi connectivity index (χ4n) is 1.02. The summed E-state index contributed by atoms with van der Waals surface area (Å²) in [6, 6.07) is 3.79. The van der Waals surface area contributed by atoms with Gasteiger partial charge < -0.3 is 5.11 Å². The zero-order valence-corrected chi connectivity index (χ0v) is 9.79. The summed E-state index contributed by atoms with van der Waals surface area (Å²) in [5.74, 6) is 0. The lowest BCUT2D eigenvalue weighted by atomic mass is 10.4. The molecule has 0 aromatic carbocycles. The Balaban J connectivity index is 2.33. The first kappa shape index (κ1) is 10.1. The highest BCUT2D eigenvalue weighted by atomic mass is 35.5. The van der Waals surface area contributed by atoms with E-state index in [9.17, 15) is 5.11 Å². The van der Waals surface area contributed by atoms with Crippen LogP contribution in [0.15, 0.2) is 18.3 Å². The number of nitrogens with zero attached hydrogens (tertiary/aromatic N) is 1. The van der Waals surface area contributed by atoms with Gasteiger partial charge in [-0.2, -0.15) is 0 Å². The number of hydrogen-bond donors (Lipinski definition) is 1. The number of thiophene rings is 1. The Bertz CT molecular complexity index is 435. The van der Waals surface area contributed by atoms with Crippen molar-refractivity contribution in [3.8, 4) is 9.88 Å². The predicted octanol–water partition coefficient (Wildman–Crippen LogP) is 3.58. The Morgan fingerprint density at radius 3 is 2.71 bits per heavy atom. The van der Waals surface area contributed by atoms with Gasteiger partial charge in [-0.3, -0.25) is 0 Å². The normalized spacial score (nSPS) is 13.1. The maximum absolute atomic E-state index is 9.34. The molecular weight excluding hydrogens is 238 g/mol. The van der Waals surface area contributed by atoms with Gasteiger partial charge in [0, 0.05) is 6.20 Å². The molecule has 0 bridgehead atoms. The second kappa shape index (κ2) is 3.98. The Kier molecular flexibility index (Phi) is 2.88. The first-order chi connectivity index (χ1) is 6.66. The number of thiazole rings is 1. The second-order valence-corrected chi connectivity index (χ2v) is 5.62. The topological polar surface area (TPSA) is 33.1 Å². The van der Waals surface area contributed by atoms with E-state index >= 15 is 0 Å². The van der Waals surface area contributed by atoms with Crippen molar-refractivity contribution in [3.05, 3.63) is 27.5 Å². The summed E-state index contributed by atoms with van der Waals surface area (Å²) >= 11 is 8.82. The summed E-state index contributed by atoms with van der Waals surface area (Å²) in [6.07, 6.45) is 1.26. The fraction of sp³-hybridized carbons (Fsp3) is 0.222. The van der Waals surface area contributed by atoms with Gasteiger partial charge in [-0.25, -0.2) is 4.98 Å². The number of aliphatic hydroxyl groups excluding tert-OH is 1. The standard InChI is InChI=1S/C9H8ClNOS2/c1-5(12)7-4-11-9(14-7)6-2-3-8(10)13-6/h2-5,12H,1H3. The molecule has 0 radical (unpaired) electrons. The van der Waals surface area contributed by atoms with Crippen molar-refractivity contribution in [1.82, 2.24) is 4.98 Å².